The lowest BCUT2D eigenvalue weighted by atomic mass is 9.83. The molecule has 190 valence electrons. The highest BCUT2D eigenvalue weighted by Gasteiger charge is 2.51. The number of ether oxygens (including phenoxy) is 1. The number of rotatable bonds is 8. The van der Waals surface area contributed by atoms with Crippen LogP contribution in [0.25, 0.3) is 0 Å². The number of aliphatic hydroxyl groups is 1. The summed E-state index contributed by atoms with van der Waals surface area (Å²) in [5.41, 5.74) is 5.27. The van der Waals surface area contributed by atoms with Gasteiger partial charge in [-0.25, -0.2) is 0 Å². The minimum atomic E-state index is -2.15. The molecule has 0 aromatic heterocycles. The first kappa shape index (κ1) is 25.7. The third-order valence-corrected chi connectivity index (χ3v) is 12.7. The molecule has 3 heteroatoms. The summed E-state index contributed by atoms with van der Waals surface area (Å²) < 4.78 is 6.55. The number of aliphatic hydroxyl groups excluding tert-OH is 1. The standard InChI is InChI=1S/C34H38O2Si/c1-37(2,26-32-24-33(35)28(25-36-32)23-27-15-7-3-8-16-27)34(29-17-9-4-10-18-29,30-19-11-5-12-20-30)31-21-13-6-14-22-31/h3-22,28,32-33,35H,23-26H2,1-2H3/t28-,32+,33+/m1/s1. The van der Waals surface area contributed by atoms with E-state index in [-0.39, 0.29) is 23.2 Å². The minimum absolute atomic E-state index is 0.0548. The molecule has 0 saturated carbocycles. The molecule has 0 radical (unpaired) electrons. The van der Waals surface area contributed by atoms with Crippen LogP contribution in [0.2, 0.25) is 19.1 Å². The van der Waals surface area contributed by atoms with Crippen LogP contribution in [-0.4, -0.2) is 32.0 Å². The first-order valence-electron chi connectivity index (χ1n) is 13.5. The largest absolute Gasteiger partial charge is 0.393 e. The predicted octanol–water partition coefficient (Wildman–Crippen LogP) is 7.28. The lowest BCUT2D eigenvalue weighted by Crippen LogP contribution is -2.56. The van der Waals surface area contributed by atoms with E-state index in [2.05, 4.69) is 128 Å². The van der Waals surface area contributed by atoms with Crippen molar-refractivity contribution in [2.45, 2.75) is 49.2 Å². The molecular formula is C34H38O2Si. The summed E-state index contributed by atoms with van der Waals surface area (Å²) >= 11 is 0. The van der Waals surface area contributed by atoms with E-state index in [4.69, 9.17) is 4.74 Å². The van der Waals surface area contributed by atoms with Crippen molar-refractivity contribution >= 4 is 8.07 Å². The van der Waals surface area contributed by atoms with Crippen molar-refractivity contribution in [1.29, 1.82) is 0 Å². The highest BCUT2D eigenvalue weighted by Crippen LogP contribution is 2.49. The van der Waals surface area contributed by atoms with E-state index >= 15 is 0 Å². The zero-order valence-electron chi connectivity index (χ0n) is 22.0. The highest BCUT2D eigenvalue weighted by atomic mass is 28.3. The van der Waals surface area contributed by atoms with E-state index in [0.29, 0.717) is 13.0 Å². The quantitative estimate of drug-likeness (QED) is 0.201. The Hall–Kier alpha value is -2.98. The van der Waals surface area contributed by atoms with Gasteiger partial charge in [-0.2, -0.15) is 0 Å². The zero-order valence-corrected chi connectivity index (χ0v) is 23.0. The van der Waals surface area contributed by atoms with E-state index in [1.807, 2.05) is 6.07 Å². The Morgan fingerprint density at radius 3 is 1.57 bits per heavy atom. The topological polar surface area (TPSA) is 29.5 Å². The fourth-order valence-corrected chi connectivity index (χ4v) is 11.2. The zero-order chi connectivity index (χ0) is 25.7. The predicted molar refractivity (Wildman–Crippen MR) is 155 cm³/mol. The normalized spacial score (nSPS) is 20.5. The first-order chi connectivity index (χ1) is 18.0. The Morgan fingerprint density at radius 1 is 0.703 bits per heavy atom. The van der Waals surface area contributed by atoms with Crippen molar-refractivity contribution in [2.75, 3.05) is 6.61 Å². The van der Waals surface area contributed by atoms with E-state index in [0.717, 1.165) is 12.5 Å². The fourth-order valence-electron chi connectivity index (χ4n) is 6.61. The van der Waals surface area contributed by atoms with Crippen LogP contribution in [0.4, 0.5) is 0 Å². The third kappa shape index (κ3) is 5.22. The first-order valence-corrected chi connectivity index (χ1v) is 16.7. The molecule has 37 heavy (non-hydrogen) atoms. The molecule has 0 unspecified atom stereocenters. The van der Waals surface area contributed by atoms with Gasteiger partial charge in [0, 0.05) is 11.0 Å². The molecule has 1 heterocycles. The molecule has 1 aliphatic heterocycles. The van der Waals surface area contributed by atoms with Crippen molar-refractivity contribution in [2.24, 2.45) is 5.92 Å². The molecule has 0 bridgehead atoms. The Kier molecular flexibility index (Phi) is 7.75. The molecule has 5 rings (SSSR count). The maximum absolute atomic E-state index is 11.2. The smallest absolute Gasteiger partial charge is 0.0724 e. The minimum Gasteiger partial charge on any atom is -0.393 e. The molecule has 1 aliphatic rings. The average Bonchev–Trinajstić information content (AvgIpc) is 2.93. The molecule has 0 amide bonds. The summed E-state index contributed by atoms with van der Waals surface area (Å²) in [5, 5.41) is 10.9. The molecule has 0 spiro atoms. The van der Waals surface area contributed by atoms with Gasteiger partial charge in [-0.1, -0.05) is 134 Å². The van der Waals surface area contributed by atoms with Crippen molar-refractivity contribution < 1.29 is 9.84 Å². The number of hydrogen-bond acceptors (Lipinski definition) is 2. The Labute approximate surface area is 223 Å². The van der Waals surface area contributed by atoms with Gasteiger partial charge < -0.3 is 9.84 Å². The van der Waals surface area contributed by atoms with Gasteiger partial charge in [0.2, 0.25) is 0 Å². The molecule has 3 atom stereocenters. The van der Waals surface area contributed by atoms with Crippen molar-refractivity contribution in [1.82, 2.24) is 0 Å². The average molecular weight is 507 g/mol. The van der Waals surface area contributed by atoms with Gasteiger partial charge in [0.1, 0.15) is 0 Å². The lowest BCUT2D eigenvalue weighted by molar-refractivity contribution is -0.0756. The maximum Gasteiger partial charge on any atom is 0.0724 e. The van der Waals surface area contributed by atoms with Gasteiger partial charge >= 0.3 is 0 Å². The third-order valence-electron chi connectivity index (χ3n) is 8.31. The summed E-state index contributed by atoms with van der Waals surface area (Å²) in [4.78, 5) is 0. The van der Waals surface area contributed by atoms with Crippen LogP contribution in [-0.2, 0) is 16.2 Å². The SMILES string of the molecule is C[Si](C)(C[C@@H]1C[C@H](O)[C@H](Cc2ccccc2)CO1)C(c1ccccc1)(c1ccccc1)c1ccccc1. The molecule has 1 fully saturated rings. The fraction of sp³-hybridized carbons (Fsp3) is 0.294. The highest BCUT2D eigenvalue weighted by molar-refractivity contribution is 6.82. The van der Waals surface area contributed by atoms with Gasteiger partial charge in [-0.05, 0) is 41.1 Å². The van der Waals surface area contributed by atoms with Crippen molar-refractivity contribution in [3.8, 4) is 0 Å². The second kappa shape index (κ2) is 11.2. The van der Waals surface area contributed by atoms with E-state index in [1.54, 1.807) is 0 Å². The second-order valence-corrected chi connectivity index (χ2v) is 16.1. The Morgan fingerprint density at radius 2 is 1.14 bits per heavy atom. The van der Waals surface area contributed by atoms with Crippen LogP contribution in [0.5, 0.6) is 0 Å². The van der Waals surface area contributed by atoms with Gasteiger partial charge in [-0.15, -0.1) is 0 Å². The monoisotopic (exact) mass is 506 g/mol. The van der Waals surface area contributed by atoms with Crippen LogP contribution < -0.4 is 0 Å². The van der Waals surface area contributed by atoms with Crippen LogP contribution in [0.1, 0.15) is 28.7 Å². The summed E-state index contributed by atoms with van der Waals surface area (Å²) in [7, 11) is -2.15. The summed E-state index contributed by atoms with van der Waals surface area (Å²) in [5.74, 6) is 0.144. The van der Waals surface area contributed by atoms with E-state index in [1.165, 1.54) is 22.3 Å². The summed E-state index contributed by atoms with van der Waals surface area (Å²) in [6.45, 7) is 5.62. The second-order valence-electron chi connectivity index (χ2n) is 11.1. The van der Waals surface area contributed by atoms with Crippen molar-refractivity contribution in [3.05, 3.63) is 144 Å². The molecule has 4 aromatic rings. The Bertz CT molecular complexity index is 1150. The molecule has 4 aromatic carbocycles. The van der Waals surface area contributed by atoms with Gasteiger partial charge in [-0.3, -0.25) is 0 Å². The van der Waals surface area contributed by atoms with E-state index in [9.17, 15) is 5.11 Å². The van der Waals surface area contributed by atoms with Crippen LogP contribution in [0.3, 0.4) is 0 Å². The van der Waals surface area contributed by atoms with Crippen molar-refractivity contribution in [3.63, 3.8) is 0 Å². The Balaban J connectivity index is 1.49. The van der Waals surface area contributed by atoms with Crippen LogP contribution in [0.15, 0.2) is 121 Å². The number of benzene rings is 4. The maximum atomic E-state index is 11.2. The van der Waals surface area contributed by atoms with Gasteiger partial charge in [0.05, 0.1) is 26.9 Å². The molecule has 2 nitrogen and oxygen atoms in total. The summed E-state index contributed by atoms with van der Waals surface area (Å²) in [6.07, 6.45) is 1.27. The molecule has 1 N–H and O–H groups in total. The van der Waals surface area contributed by atoms with Gasteiger partial charge in [0.25, 0.3) is 0 Å². The molecule has 1 saturated heterocycles. The number of hydrogen-bond donors (Lipinski definition) is 1. The lowest BCUT2D eigenvalue weighted by Gasteiger charge is -2.49. The molecular weight excluding hydrogens is 468 g/mol. The van der Waals surface area contributed by atoms with Crippen LogP contribution >= 0.6 is 0 Å². The molecule has 0 aliphatic carbocycles. The van der Waals surface area contributed by atoms with Crippen LogP contribution in [0, 0.1) is 5.92 Å². The van der Waals surface area contributed by atoms with E-state index < -0.39 is 8.07 Å². The van der Waals surface area contributed by atoms with Gasteiger partial charge in [0.15, 0.2) is 0 Å². The summed E-state index contributed by atoms with van der Waals surface area (Å²) in [6, 6.07) is 44.5.